The monoisotopic (exact) mass is 356 g/mol. The third-order valence-electron chi connectivity index (χ3n) is 3.47. The Morgan fingerprint density at radius 1 is 0.885 bits per heavy atom. The minimum atomic E-state index is -0.923. The van der Waals surface area contributed by atoms with E-state index in [4.69, 9.17) is 4.74 Å². The summed E-state index contributed by atoms with van der Waals surface area (Å²) >= 11 is 0. The van der Waals surface area contributed by atoms with Crippen LogP contribution < -0.4 is 15.4 Å². The molecule has 0 aliphatic heterocycles. The summed E-state index contributed by atoms with van der Waals surface area (Å²) in [5.41, 5.74) is 1.92. The molecule has 0 aliphatic carbocycles. The lowest BCUT2D eigenvalue weighted by Crippen LogP contribution is -2.03. The number of nitrogens with zero attached hydrogens (tertiary/aromatic N) is 2. The summed E-state index contributed by atoms with van der Waals surface area (Å²) in [6.45, 7) is 4.35. The Kier molecular flexibility index (Phi) is 5.26. The fourth-order valence-electron chi connectivity index (χ4n) is 2.34. The standard InChI is InChI=1S/C19H18F2N4O/c1-3-26-15-7-4-13(5-8-15)24-19-22-12(2)10-18(25-19)23-14-6-9-16(20)17(21)11-14/h4-11H,3H2,1-2H3,(H2,22,23,24,25). The van der Waals surface area contributed by atoms with Crippen LogP contribution in [0.1, 0.15) is 12.6 Å². The average molecular weight is 356 g/mol. The number of anilines is 4. The zero-order valence-electron chi connectivity index (χ0n) is 14.4. The van der Waals surface area contributed by atoms with Crippen molar-refractivity contribution in [3.8, 4) is 5.75 Å². The van der Waals surface area contributed by atoms with Crippen LogP contribution in [-0.4, -0.2) is 16.6 Å². The van der Waals surface area contributed by atoms with E-state index in [2.05, 4.69) is 20.6 Å². The van der Waals surface area contributed by atoms with Crippen molar-refractivity contribution in [1.29, 1.82) is 0 Å². The number of aromatic nitrogens is 2. The number of ether oxygens (including phenoxy) is 1. The van der Waals surface area contributed by atoms with E-state index in [0.717, 1.165) is 29.3 Å². The first kappa shape index (κ1) is 17.6. The molecule has 0 unspecified atom stereocenters. The van der Waals surface area contributed by atoms with E-state index in [9.17, 15) is 8.78 Å². The molecule has 3 rings (SSSR count). The van der Waals surface area contributed by atoms with Gasteiger partial charge in [0, 0.05) is 29.2 Å². The van der Waals surface area contributed by atoms with Gasteiger partial charge >= 0.3 is 0 Å². The first-order valence-corrected chi connectivity index (χ1v) is 8.11. The number of rotatable bonds is 6. The van der Waals surface area contributed by atoms with Crippen LogP contribution in [0.4, 0.5) is 31.9 Å². The highest BCUT2D eigenvalue weighted by molar-refractivity contribution is 5.60. The second-order valence-electron chi connectivity index (χ2n) is 5.55. The third kappa shape index (κ3) is 4.44. The molecule has 0 aliphatic rings. The van der Waals surface area contributed by atoms with Gasteiger partial charge in [0.25, 0.3) is 0 Å². The van der Waals surface area contributed by atoms with Gasteiger partial charge in [-0.05, 0) is 50.2 Å². The molecule has 3 aromatic rings. The SMILES string of the molecule is CCOc1ccc(Nc2nc(C)cc(Nc3ccc(F)c(F)c3)n2)cc1. The zero-order chi connectivity index (χ0) is 18.5. The van der Waals surface area contributed by atoms with Gasteiger partial charge in [0.05, 0.1) is 6.61 Å². The second-order valence-corrected chi connectivity index (χ2v) is 5.55. The predicted molar refractivity (Wildman–Crippen MR) is 97.3 cm³/mol. The lowest BCUT2D eigenvalue weighted by Gasteiger charge is -2.11. The summed E-state index contributed by atoms with van der Waals surface area (Å²) in [4.78, 5) is 8.69. The van der Waals surface area contributed by atoms with Gasteiger partial charge in [0.2, 0.25) is 5.95 Å². The van der Waals surface area contributed by atoms with Crippen LogP contribution in [0, 0.1) is 18.6 Å². The molecule has 0 spiro atoms. The summed E-state index contributed by atoms with van der Waals surface area (Å²) < 4.78 is 31.8. The summed E-state index contributed by atoms with van der Waals surface area (Å²) in [5, 5.41) is 6.06. The quantitative estimate of drug-likeness (QED) is 0.654. The number of nitrogens with one attached hydrogen (secondary N) is 2. The Morgan fingerprint density at radius 3 is 2.31 bits per heavy atom. The van der Waals surface area contributed by atoms with Crippen LogP contribution in [0.15, 0.2) is 48.5 Å². The van der Waals surface area contributed by atoms with Gasteiger partial charge in [-0.15, -0.1) is 0 Å². The highest BCUT2D eigenvalue weighted by Crippen LogP contribution is 2.22. The molecule has 0 saturated carbocycles. The Balaban J connectivity index is 1.77. The van der Waals surface area contributed by atoms with Crippen LogP contribution in [0.5, 0.6) is 5.75 Å². The molecule has 2 aromatic carbocycles. The summed E-state index contributed by atoms with van der Waals surface area (Å²) in [5.74, 6) is -0.180. The predicted octanol–water partition coefficient (Wildman–Crippen LogP) is 4.95. The minimum absolute atomic E-state index is 0.388. The van der Waals surface area contributed by atoms with Gasteiger partial charge in [-0.2, -0.15) is 4.98 Å². The van der Waals surface area contributed by atoms with E-state index < -0.39 is 11.6 Å². The van der Waals surface area contributed by atoms with Crippen molar-refractivity contribution < 1.29 is 13.5 Å². The Labute approximate surface area is 150 Å². The molecule has 26 heavy (non-hydrogen) atoms. The molecule has 0 radical (unpaired) electrons. The van der Waals surface area contributed by atoms with Crippen LogP contribution >= 0.6 is 0 Å². The van der Waals surface area contributed by atoms with Gasteiger partial charge < -0.3 is 15.4 Å². The normalized spacial score (nSPS) is 10.5. The van der Waals surface area contributed by atoms with Gasteiger partial charge in [-0.3, -0.25) is 0 Å². The number of hydrogen-bond donors (Lipinski definition) is 2. The molecule has 0 bridgehead atoms. The van der Waals surface area contributed by atoms with Crippen molar-refractivity contribution in [1.82, 2.24) is 9.97 Å². The number of hydrogen-bond acceptors (Lipinski definition) is 5. The molecule has 7 heteroatoms. The van der Waals surface area contributed by atoms with E-state index >= 15 is 0 Å². The van der Waals surface area contributed by atoms with E-state index in [0.29, 0.717) is 24.1 Å². The van der Waals surface area contributed by atoms with Gasteiger partial charge in [-0.1, -0.05) is 0 Å². The Bertz CT molecular complexity index is 901. The molecule has 0 saturated heterocycles. The zero-order valence-corrected chi connectivity index (χ0v) is 14.4. The number of benzene rings is 2. The molecule has 134 valence electrons. The maximum absolute atomic E-state index is 13.3. The largest absolute Gasteiger partial charge is 0.494 e. The van der Waals surface area contributed by atoms with E-state index in [1.54, 1.807) is 6.07 Å². The lowest BCUT2D eigenvalue weighted by atomic mass is 10.3. The summed E-state index contributed by atoms with van der Waals surface area (Å²) in [7, 11) is 0. The van der Waals surface area contributed by atoms with Crippen molar-refractivity contribution in [2.75, 3.05) is 17.2 Å². The maximum Gasteiger partial charge on any atom is 0.229 e. The fourth-order valence-corrected chi connectivity index (χ4v) is 2.34. The smallest absolute Gasteiger partial charge is 0.229 e. The minimum Gasteiger partial charge on any atom is -0.494 e. The van der Waals surface area contributed by atoms with Crippen molar-refractivity contribution >= 4 is 23.1 Å². The van der Waals surface area contributed by atoms with Crippen molar-refractivity contribution in [3.05, 3.63) is 65.9 Å². The molecular weight excluding hydrogens is 338 g/mol. The lowest BCUT2D eigenvalue weighted by molar-refractivity contribution is 0.340. The number of aryl methyl sites for hydroxylation is 1. The van der Waals surface area contributed by atoms with Crippen molar-refractivity contribution in [2.24, 2.45) is 0 Å². The molecule has 0 amide bonds. The highest BCUT2D eigenvalue weighted by Gasteiger charge is 2.06. The number of halogens is 2. The maximum atomic E-state index is 13.3. The van der Waals surface area contributed by atoms with E-state index in [-0.39, 0.29) is 0 Å². The molecule has 0 atom stereocenters. The van der Waals surface area contributed by atoms with Crippen molar-refractivity contribution in [3.63, 3.8) is 0 Å². The average Bonchev–Trinajstić information content (AvgIpc) is 2.60. The fraction of sp³-hybridized carbons (Fsp3) is 0.158. The molecule has 0 fully saturated rings. The van der Waals surface area contributed by atoms with Crippen LogP contribution in [0.25, 0.3) is 0 Å². The van der Waals surface area contributed by atoms with Crippen LogP contribution in [0.2, 0.25) is 0 Å². The van der Waals surface area contributed by atoms with Gasteiger partial charge in [0.1, 0.15) is 11.6 Å². The van der Waals surface area contributed by atoms with Crippen LogP contribution in [-0.2, 0) is 0 Å². The molecule has 5 nitrogen and oxygen atoms in total. The topological polar surface area (TPSA) is 59.1 Å². The Morgan fingerprint density at radius 2 is 1.62 bits per heavy atom. The summed E-state index contributed by atoms with van der Waals surface area (Å²) in [6, 6.07) is 12.7. The highest BCUT2D eigenvalue weighted by atomic mass is 19.2. The molecule has 1 heterocycles. The molecule has 1 aromatic heterocycles. The van der Waals surface area contributed by atoms with E-state index in [1.165, 1.54) is 6.07 Å². The molecule has 2 N–H and O–H groups in total. The van der Waals surface area contributed by atoms with Crippen LogP contribution in [0.3, 0.4) is 0 Å². The summed E-state index contributed by atoms with van der Waals surface area (Å²) in [6.07, 6.45) is 0. The van der Waals surface area contributed by atoms with Gasteiger partial charge in [0.15, 0.2) is 11.6 Å². The first-order valence-electron chi connectivity index (χ1n) is 8.11. The Hall–Kier alpha value is -3.22. The second kappa shape index (κ2) is 7.77. The first-order chi connectivity index (χ1) is 12.5. The van der Waals surface area contributed by atoms with Crippen molar-refractivity contribution in [2.45, 2.75) is 13.8 Å². The van der Waals surface area contributed by atoms with Gasteiger partial charge in [-0.25, -0.2) is 13.8 Å². The molecular formula is C19H18F2N4O. The van der Waals surface area contributed by atoms with E-state index in [1.807, 2.05) is 38.1 Å². The third-order valence-corrected chi connectivity index (χ3v) is 3.47.